The average Bonchev–Trinajstić information content (AvgIpc) is 2.58. The van der Waals surface area contributed by atoms with Crippen LogP contribution in [0.2, 0.25) is 0 Å². The topological polar surface area (TPSA) is 29.5 Å². The highest BCUT2D eigenvalue weighted by molar-refractivity contribution is 5.47. The molecule has 0 radical (unpaired) electrons. The van der Waals surface area contributed by atoms with E-state index in [1.807, 2.05) is 12.1 Å². The van der Waals surface area contributed by atoms with Gasteiger partial charge in [-0.15, -0.1) is 0 Å². The van der Waals surface area contributed by atoms with E-state index in [1.165, 1.54) is 24.8 Å². The van der Waals surface area contributed by atoms with E-state index in [2.05, 4.69) is 26.8 Å². The summed E-state index contributed by atoms with van der Waals surface area (Å²) in [4.78, 5) is 0. The number of aliphatic hydroxyl groups excluding tert-OH is 1. The minimum absolute atomic E-state index is 0.114. The highest BCUT2D eigenvalue weighted by Gasteiger charge is 2.56. The molecule has 1 aromatic carbocycles. The lowest BCUT2D eigenvalue weighted by Gasteiger charge is -2.48. The molecular formula is C17H24O2. The summed E-state index contributed by atoms with van der Waals surface area (Å²) in [5, 5.41) is 10.8. The fraction of sp³-hybridized carbons (Fsp3) is 0.647. The molecule has 0 saturated heterocycles. The molecule has 104 valence electrons. The Kier molecular flexibility index (Phi) is 2.72. The molecule has 2 nitrogen and oxygen atoms in total. The second-order valence-electron chi connectivity index (χ2n) is 7.14. The first kappa shape index (κ1) is 13.0. The van der Waals surface area contributed by atoms with Crippen LogP contribution in [-0.2, 0) is 5.41 Å². The number of ether oxygens (including phenoxy) is 1. The van der Waals surface area contributed by atoms with Gasteiger partial charge in [0.25, 0.3) is 0 Å². The normalized spacial score (nSPS) is 35.6. The molecule has 2 heteroatoms. The van der Waals surface area contributed by atoms with Gasteiger partial charge in [-0.05, 0) is 46.9 Å². The van der Waals surface area contributed by atoms with E-state index in [-0.39, 0.29) is 16.9 Å². The van der Waals surface area contributed by atoms with E-state index in [9.17, 15) is 5.11 Å². The predicted octanol–water partition coefficient (Wildman–Crippen LogP) is 3.83. The van der Waals surface area contributed by atoms with Crippen LogP contribution in [0.5, 0.6) is 5.75 Å². The Balaban J connectivity index is 2.15. The minimum Gasteiger partial charge on any atom is -0.497 e. The Bertz CT molecular complexity index is 506. The Hall–Kier alpha value is -1.02. The van der Waals surface area contributed by atoms with Crippen molar-refractivity contribution < 1.29 is 9.84 Å². The van der Waals surface area contributed by atoms with Gasteiger partial charge in [-0.2, -0.15) is 0 Å². The summed E-state index contributed by atoms with van der Waals surface area (Å²) in [7, 11) is 1.68. The quantitative estimate of drug-likeness (QED) is 0.831. The van der Waals surface area contributed by atoms with Crippen molar-refractivity contribution in [2.75, 3.05) is 7.11 Å². The van der Waals surface area contributed by atoms with Crippen LogP contribution < -0.4 is 4.74 Å². The fourth-order valence-corrected chi connectivity index (χ4v) is 4.77. The zero-order chi connectivity index (χ0) is 13.8. The van der Waals surface area contributed by atoms with E-state index >= 15 is 0 Å². The van der Waals surface area contributed by atoms with E-state index in [4.69, 9.17) is 4.74 Å². The summed E-state index contributed by atoms with van der Waals surface area (Å²) in [6.45, 7) is 6.95. The summed E-state index contributed by atoms with van der Waals surface area (Å²) in [6, 6.07) is 6.22. The van der Waals surface area contributed by atoms with Gasteiger partial charge in [-0.3, -0.25) is 0 Å². The van der Waals surface area contributed by atoms with E-state index in [0.29, 0.717) is 5.92 Å². The first-order chi connectivity index (χ1) is 8.90. The molecule has 0 heterocycles. The van der Waals surface area contributed by atoms with Crippen LogP contribution in [0.15, 0.2) is 18.2 Å². The molecule has 1 saturated carbocycles. The first-order valence-corrected chi connectivity index (χ1v) is 7.27. The summed E-state index contributed by atoms with van der Waals surface area (Å²) in [5.41, 5.74) is 2.72. The smallest absolute Gasteiger partial charge is 0.119 e. The highest BCUT2D eigenvalue weighted by atomic mass is 16.5. The molecular weight excluding hydrogens is 236 g/mol. The molecule has 3 rings (SSSR count). The van der Waals surface area contributed by atoms with Gasteiger partial charge < -0.3 is 9.84 Å². The maximum atomic E-state index is 10.8. The molecule has 2 aliphatic carbocycles. The van der Waals surface area contributed by atoms with Gasteiger partial charge in [-0.25, -0.2) is 0 Å². The average molecular weight is 260 g/mol. The van der Waals surface area contributed by atoms with Crippen LogP contribution in [0, 0.1) is 11.3 Å². The molecule has 2 aliphatic rings. The van der Waals surface area contributed by atoms with Crippen LogP contribution in [0.3, 0.4) is 0 Å². The molecule has 19 heavy (non-hydrogen) atoms. The van der Waals surface area contributed by atoms with E-state index < -0.39 is 0 Å². The highest BCUT2D eigenvalue weighted by Crippen LogP contribution is 2.62. The third kappa shape index (κ3) is 1.66. The van der Waals surface area contributed by atoms with Gasteiger partial charge in [0.05, 0.1) is 13.2 Å². The van der Waals surface area contributed by atoms with Crippen molar-refractivity contribution >= 4 is 0 Å². The van der Waals surface area contributed by atoms with Gasteiger partial charge in [0, 0.05) is 5.92 Å². The SMILES string of the molecule is COc1ccc2c(c1)[C@@H](O)[C@H]1C(C)(C)CCCC21C. The monoisotopic (exact) mass is 260 g/mol. The van der Waals surface area contributed by atoms with Crippen molar-refractivity contribution in [1.82, 2.24) is 0 Å². The second kappa shape index (κ2) is 3.99. The summed E-state index contributed by atoms with van der Waals surface area (Å²) < 4.78 is 5.31. The van der Waals surface area contributed by atoms with E-state index in [0.717, 1.165) is 11.3 Å². The molecule has 0 bridgehead atoms. The van der Waals surface area contributed by atoms with Crippen molar-refractivity contribution in [3.63, 3.8) is 0 Å². The zero-order valence-corrected chi connectivity index (χ0v) is 12.4. The molecule has 1 unspecified atom stereocenters. The van der Waals surface area contributed by atoms with Gasteiger partial charge in [-0.1, -0.05) is 33.3 Å². The number of hydrogen-bond acceptors (Lipinski definition) is 2. The lowest BCUT2D eigenvalue weighted by atomic mass is 9.56. The number of rotatable bonds is 1. The van der Waals surface area contributed by atoms with Crippen LogP contribution in [0.4, 0.5) is 0 Å². The molecule has 0 aliphatic heterocycles. The van der Waals surface area contributed by atoms with Gasteiger partial charge >= 0.3 is 0 Å². The molecule has 1 aromatic rings. The van der Waals surface area contributed by atoms with Crippen LogP contribution in [0.1, 0.15) is 57.3 Å². The summed E-state index contributed by atoms with van der Waals surface area (Å²) in [5.74, 6) is 1.16. The first-order valence-electron chi connectivity index (χ1n) is 7.27. The molecule has 1 fully saturated rings. The molecule has 3 atom stereocenters. The molecule has 0 spiro atoms. The third-order valence-corrected chi connectivity index (χ3v) is 5.55. The summed E-state index contributed by atoms with van der Waals surface area (Å²) >= 11 is 0. The molecule has 1 N–H and O–H groups in total. The van der Waals surface area contributed by atoms with Gasteiger partial charge in [0.2, 0.25) is 0 Å². The number of fused-ring (bicyclic) bond motifs is 3. The Morgan fingerprint density at radius 1 is 1.21 bits per heavy atom. The molecule has 0 amide bonds. The number of benzene rings is 1. The van der Waals surface area contributed by atoms with E-state index in [1.54, 1.807) is 7.11 Å². The number of methoxy groups -OCH3 is 1. The fourth-order valence-electron chi connectivity index (χ4n) is 4.77. The lowest BCUT2D eigenvalue weighted by Crippen LogP contribution is -2.43. The van der Waals surface area contributed by atoms with Gasteiger partial charge in [0.15, 0.2) is 0 Å². The third-order valence-electron chi connectivity index (χ3n) is 5.55. The van der Waals surface area contributed by atoms with Crippen molar-refractivity contribution in [1.29, 1.82) is 0 Å². The maximum absolute atomic E-state index is 10.8. The number of aliphatic hydroxyl groups is 1. The lowest BCUT2D eigenvalue weighted by molar-refractivity contribution is -0.0272. The standard InChI is InChI=1S/C17H24O2/c1-16(2)8-5-9-17(3)13-7-6-11(19-4)10-12(13)14(18)15(16)17/h6-7,10,14-15,18H,5,8-9H2,1-4H3/t14-,15+,17?/m1/s1. The Morgan fingerprint density at radius 3 is 2.63 bits per heavy atom. The van der Waals surface area contributed by atoms with Crippen LogP contribution in [0.25, 0.3) is 0 Å². The van der Waals surface area contributed by atoms with Gasteiger partial charge in [0.1, 0.15) is 5.75 Å². The summed E-state index contributed by atoms with van der Waals surface area (Å²) in [6.07, 6.45) is 3.27. The van der Waals surface area contributed by atoms with Crippen LogP contribution in [-0.4, -0.2) is 12.2 Å². The van der Waals surface area contributed by atoms with Crippen molar-refractivity contribution in [2.24, 2.45) is 11.3 Å². The van der Waals surface area contributed by atoms with Crippen LogP contribution >= 0.6 is 0 Å². The largest absolute Gasteiger partial charge is 0.497 e. The zero-order valence-electron chi connectivity index (χ0n) is 12.4. The predicted molar refractivity (Wildman–Crippen MR) is 76.4 cm³/mol. The number of hydrogen-bond donors (Lipinski definition) is 1. The molecule has 0 aromatic heterocycles. The van der Waals surface area contributed by atoms with Crippen molar-refractivity contribution in [3.8, 4) is 5.75 Å². The van der Waals surface area contributed by atoms with Crippen molar-refractivity contribution in [2.45, 2.75) is 51.6 Å². The Morgan fingerprint density at radius 2 is 1.95 bits per heavy atom. The maximum Gasteiger partial charge on any atom is 0.119 e. The Labute approximate surface area is 115 Å². The van der Waals surface area contributed by atoms with Crippen molar-refractivity contribution in [3.05, 3.63) is 29.3 Å². The minimum atomic E-state index is -0.356. The second-order valence-corrected chi connectivity index (χ2v) is 7.14.